The van der Waals surface area contributed by atoms with Gasteiger partial charge in [-0.25, -0.2) is 0 Å². The van der Waals surface area contributed by atoms with Crippen molar-refractivity contribution in [2.24, 2.45) is 5.73 Å². The van der Waals surface area contributed by atoms with Crippen molar-refractivity contribution in [2.75, 3.05) is 7.11 Å². The Labute approximate surface area is 125 Å². The van der Waals surface area contributed by atoms with Crippen LogP contribution in [0.4, 0.5) is 0 Å². The molecule has 0 radical (unpaired) electrons. The van der Waals surface area contributed by atoms with Gasteiger partial charge >= 0.3 is 0 Å². The van der Waals surface area contributed by atoms with Gasteiger partial charge in [-0.2, -0.15) is 0 Å². The lowest BCUT2D eigenvalue weighted by Crippen LogP contribution is -2.25. The van der Waals surface area contributed by atoms with E-state index in [1.54, 1.807) is 7.11 Å². The Hall–Kier alpha value is -1.51. The van der Waals surface area contributed by atoms with Crippen molar-refractivity contribution >= 4 is 11.6 Å². The Morgan fingerprint density at radius 3 is 2.65 bits per heavy atom. The summed E-state index contributed by atoms with van der Waals surface area (Å²) in [6, 6.07) is 14.1. The third kappa shape index (κ3) is 3.99. The van der Waals surface area contributed by atoms with Crippen LogP contribution < -0.4 is 10.5 Å². The molecule has 2 rings (SSSR count). The molecule has 0 aliphatic rings. The Balaban J connectivity index is 2.08. The van der Waals surface area contributed by atoms with E-state index in [1.807, 2.05) is 30.3 Å². The van der Waals surface area contributed by atoms with Gasteiger partial charge in [0.15, 0.2) is 0 Å². The van der Waals surface area contributed by atoms with Crippen LogP contribution in [0.2, 0.25) is 5.02 Å². The van der Waals surface area contributed by atoms with Gasteiger partial charge in [-0.3, -0.25) is 0 Å². The second-order valence-corrected chi connectivity index (χ2v) is 5.55. The molecule has 0 saturated carbocycles. The van der Waals surface area contributed by atoms with Gasteiger partial charge in [0.25, 0.3) is 0 Å². The van der Waals surface area contributed by atoms with Gasteiger partial charge in [0.05, 0.1) is 7.11 Å². The third-order valence-corrected chi connectivity index (χ3v) is 3.54. The van der Waals surface area contributed by atoms with Crippen LogP contribution in [0.1, 0.15) is 16.7 Å². The first-order chi connectivity index (χ1) is 9.58. The molecular formula is C17H20ClNO. The van der Waals surface area contributed by atoms with Gasteiger partial charge in [0.1, 0.15) is 5.75 Å². The van der Waals surface area contributed by atoms with E-state index in [9.17, 15) is 0 Å². The van der Waals surface area contributed by atoms with Gasteiger partial charge in [-0.1, -0.05) is 41.4 Å². The maximum atomic E-state index is 6.26. The second kappa shape index (κ2) is 6.78. The maximum Gasteiger partial charge on any atom is 0.122 e. The molecular weight excluding hydrogens is 270 g/mol. The summed E-state index contributed by atoms with van der Waals surface area (Å²) in [4.78, 5) is 0. The van der Waals surface area contributed by atoms with E-state index in [0.717, 1.165) is 34.7 Å². The average molecular weight is 290 g/mol. The zero-order chi connectivity index (χ0) is 14.5. The molecule has 0 aliphatic heterocycles. The normalized spacial score (nSPS) is 12.2. The highest BCUT2D eigenvalue weighted by Gasteiger charge is 2.10. The lowest BCUT2D eigenvalue weighted by Gasteiger charge is -2.15. The summed E-state index contributed by atoms with van der Waals surface area (Å²) < 4.78 is 5.39. The number of hydrogen-bond acceptors (Lipinski definition) is 2. The minimum atomic E-state index is 0.0455. The molecule has 1 unspecified atom stereocenters. The Morgan fingerprint density at radius 1 is 1.15 bits per heavy atom. The number of benzene rings is 2. The third-order valence-electron chi connectivity index (χ3n) is 3.30. The number of hydrogen-bond donors (Lipinski definition) is 1. The summed E-state index contributed by atoms with van der Waals surface area (Å²) in [6.45, 7) is 2.07. The van der Waals surface area contributed by atoms with E-state index in [0.29, 0.717) is 0 Å². The molecule has 0 aromatic heterocycles. The fourth-order valence-electron chi connectivity index (χ4n) is 2.39. The Bertz CT molecular complexity index is 583. The van der Waals surface area contributed by atoms with E-state index in [-0.39, 0.29) is 6.04 Å². The number of nitrogens with two attached hydrogens (primary N) is 1. The Morgan fingerprint density at radius 2 is 1.95 bits per heavy atom. The minimum Gasteiger partial charge on any atom is -0.496 e. The van der Waals surface area contributed by atoms with Crippen molar-refractivity contribution in [3.63, 3.8) is 0 Å². The smallest absolute Gasteiger partial charge is 0.122 e. The molecule has 0 amide bonds. The van der Waals surface area contributed by atoms with Gasteiger partial charge in [-0.05, 0) is 49.1 Å². The predicted octanol–water partition coefficient (Wildman–Crippen LogP) is 3.77. The number of ether oxygens (including phenoxy) is 1. The van der Waals surface area contributed by atoms with E-state index >= 15 is 0 Å². The molecule has 2 aromatic carbocycles. The molecule has 106 valence electrons. The summed E-state index contributed by atoms with van der Waals surface area (Å²) in [7, 11) is 1.69. The summed E-state index contributed by atoms with van der Waals surface area (Å²) in [5.74, 6) is 0.900. The molecule has 3 heteroatoms. The summed E-state index contributed by atoms with van der Waals surface area (Å²) in [6.07, 6.45) is 1.59. The van der Waals surface area contributed by atoms with Crippen molar-refractivity contribution in [3.8, 4) is 5.75 Å². The first kappa shape index (κ1) is 14.9. The number of halogens is 1. The van der Waals surface area contributed by atoms with Crippen LogP contribution in [0, 0.1) is 6.92 Å². The van der Waals surface area contributed by atoms with Crippen LogP contribution in [0.3, 0.4) is 0 Å². The second-order valence-electron chi connectivity index (χ2n) is 5.11. The maximum absolute atomic E-state index is 6.26. The fraction of sp³-hybridized carbons (Fsp3) is 0.294. The molecule has 0 bridgehead atoms. The van der Waals surface area contributed by atoms with Gasteiger partial charge in [0, 0.05) is 11.1 Å². The highest BCUT2D eigenvalue weighted by molar-refractivity contribution is 6.30. The molecule has 0 fully saturated rings. The van der Waals surface area contributed by atoms with Crippen molar-refractivity contribution in [1.29, 1.82) is 0 Å². The lowest BCUT2D eigenvalue weighted by molar-refractivity contribution is 0.407. The zero-order valence-corrected chi connectivity index (χ0v) is 12.7. The highest BCUT2D eigenvalue weighted by Crippen LogP contribution is 2.22. The van der Waals surface area contributed by atoms with Crippen LogP contribution >= 0.6 is 11.6 Å². The van der Waals surface area contributed by atoms with E-state index in [2.05, 4.69) is 19.1 Å². The molecule has 20 heavy (non-hydrogen) atoms. The van der Waals surface area contributed by atoms with E-state index in [4.69, 9.17) is 22.1 Å². The minimum absolute atomic E-state index is 0.0455. The van der Waals surface area contributed by atoms with Crippen molar-refractivity contribution in [2.45, 2.75) is 25.8 Å². The van der Waals surface area contributed by atoms with Crippen LogP contribution in [0.15, 0.2) is 42.5 Å². The molecule has 0 aliphatic carbocycles. The van der Waals surface area contributed by atoms with Crippen LogP contribution in [0.25, 0.3) is 0 Å². The number of aryl methyl sites for hydroxylation is 1. The van der Waals surface area contributed by atoms with Crippen LogP contribution in [-0.2, 0) is 12.8 Å². The van der Waals surface area contributed by atoms with Crippen LogP contribution in [-0.4, -0.2) is 13.2 Å². The summed E-state index contributed by atoms with van der Waals surface area (Å²) >= 11 is 6.00. The predicted molar refractivity (Wildman–Crippen MR) is 84.6 cm³/mol. The fourth-order valence-corrected chi connectivity index (χ4v) is 2.60. The monoisotopic (exact) mass is 289 g/mol. The molecule has 2 aromatic rings. The molecule has 0 spiro atoms. The van der Waals surface area contributed by atoms with Gasteiger partial charge in [0.2, 0.25) is 0 Å². The summed E-state index contributed by atoms with van der Waals surface area (Å²) in [5, 5.41) is 0.753. The highest BCUT2D eigenvalue weighted by atomic mass is 35.5. The first-order valence-corrected chi connectivity index (χ1v) is 7.10. The molecule has 1 atom stereocenters. The molecule has 0 heterocycles. The summed E-state index contributed by atoms with van der Waals surface area (Å²) in [5.41, 5.74) is 9.80. The topological polar surface area (TPSA) is 35.2 Å². The first-order valence-electron chi connectivity index (χ1n) is 6.72. The Kier molecular flexibility index (Phi) is 5.05. The average Bonchev–Trinajstić information content (AvgIpc) is 2.38. The van der Waals surface area contributed by atoms with Gasteiger partial charge in [-0.15, -0.1) is 0 Å². The van der Waals surface area contributed by atoms with Crippen molar-refractivity contribution < 1.29 is 4.74 Å². The van der Waals surface area contributed by atoms with Crippen molar-refractivity contribution in [3.05, 3.63) is 64.2 Å². The molecule has 2 N–H and O–H groups in total. The van der Waals surface area contributed by atoms with Crippen LogP contribution in [0.5, 0.6) is 5.75 Å². The molecule has 0 saturated heterocycles. The molecule has 2 nitrogen and oxygen atoms in total. The number of methoxy groups -OCH3 is 1. The zero-order valence-electron chi connectivity index (χ0n) is 11.9. The number of rotatable bonds is 5. The lowest BCUT2D eigenvalue weighted by atomic mass is 9.98. The van der Waals surface area contributed by atoms with Gasteiger partial charge < -0.3 is 10.5 Å². The van der Waals surface area contributed by atoms with E-state index < -0.39 is 0 Å². The van der Waals surface area contributed by atoms with E-state index in [1.165, 1.54) is 5.56 Å². The standard InChI is InChI=1S/C17H20ClNO/c1-12-6-7-17(20-2)14(8-12)11-16(19)10-13-4-3-5-15(18)9-13/h3-9,16H,10-11,19H2,1-2H3. The SMILES string of the molecule is COc1ccc(C)cc1CC(N)Cc1cccc(Cl)c1. The largest absolute Gasteiger partial charge is 0.496 e. The van der Waals surface area contributed by atoms with Crippen molar-refractivity contribution in [1.82, 2.24) is 0 Å². The quantitative estimate of drug-likeness (QED) is 0.909.